The minimum Gasteiger partial charge on any atom is -0.325 e. The van der Waals surface area contributed by atoms with Crippen LogP contribution in [0.5, 0.6) is 0 Å². The van der Waals surface area contributed by atoms with Crippen molar-refractivity contribution in [1.82, 2.24) is 5.32 Å². The van der Waals surface area contributed by atoms with Crippen molar-refractivity contribution in [3.05, 3.63) is 33.9 Å². The summed E-state index contributed by atoms with van der Waals surface area (Å²) in [7, 11) is 1.79. The van der Waals surface area contributed by atoms with Crippen molar-refractivity contribution in [2.75, 3.05) is 18.9 Å². The molecule has 0 aliphatic carbocycles. The summed E-state index contributed by atoms with van der Waals surface area (Å²) in [6.07, 6.45) is 1.000. The van der Waals surface area contributed by atoms with E-state index >= 15 is 0 Å². The fraction of sp³-hybridized carbons (Fsp3) is 0.333. The number of non-ortho nitro benzene ring substituents is 1. The van der Waals surface area contributed by atoms with Crippen LogP contribution in [0.3, 0.4) is 0 Å². The predicted molar refractivity (Wildman–Crippen MR) is 69.6 cm³/mol. The minimum atomic E-state index is -0.584. The molecule has 1 amide bonds. The van der Waals surface area contributed by atoms with Gasteiger partial charge in [-0.15, -0.1) is 0 Å². The second-order valence-electron chi connectivity index (χ2n) is 3.85. The Kier molecular flexibility index (Phi) is 5.44. The maximum Gasteiger partial charge on any atom is 0.270 e. The van der Waals surface area contributed by atoms with Crippen LogP contribution in [-0.4, -0.2) is 24.4 Å². The average molecular weight is 262 g/mol. The number of nitrogens with one attached hydrogen (secondary N) is 2. The van der Waals surface area contributed by atoms with Crippen LogP contribution in [0.15, 0.2) is 18.2 Å². The van der Waals surface area contributed by atoms with E-state index in [9.17, 15) is 14.9 Å². The van der Waals surface area contributed by atoms with Crippen LogP contribution < -0.4 is 10.6 Å². The van der Waals surface area contributed by atoms with Gasteiger partial charge in [-0.05, 0) is 26.1 Å². The van der Waals surface area contributed by atoms with E-state index in [4.69, 9.17) is 5.26 Å². The molecular formula is C12H14N4O3. The smallest absolute Gasteiger partial charge is 0.270 e. The van der Waals surface area contributed by atoms with Crippen molar-refractivity contribution in [2.24, 2.45) is 0 Å². The van der Waals surface area contributed by atoms with E-state index in [-0.39, 0.29) is 17.2 Å². The molecule has 0 spiro atoms. The highest BCUT2D eigenvalue weighted by Gasteiger charge is 2.12. The molecule has 0 heterocycles. The summed E-state index contributed by atoms with van der Waals surface area (Å²) in [5, 5.41) is 25.0. The van der Waals surface area contributed by atoms with Crippen LogP contribution in [0.2, 0.25) is 0 Å². The zero-order valence-corrected chi connectivity index (χ0v) is 10.5. The fourth-order valence-electron chi connectivity index (χ4n) is 1.49. The highest BCUT2D eigenvalue weighted by atomic mass is 16.6. The topological polar surface area (TPSA) is 108 Å². The maximum absolute atomic E-state index is 11.6. The number of rotatable bonds is 6. The monoisotopic (exact) mass is 262 g/mol. The first-order valence-electron chi connectivity index (χ1n) is 5.71. The molecule has 1 rings (SSSR count). The van der Waals surface area contributed by atoms with Gasteiger partial charge in [0.05, 0.1) is 16.2 Å². The van der Waals surface area contributed by atoms with Crippen molar-refractivity contribution in [3.63, 3.8) is 0 Å². The van der Waals surface area contributed by atoms with Crippen LogP contribution in [0.4, 0.5) is 11.4 Å². The third-order valence-corrected chi connectivity index (χ3v) is 2.44. The first kappa shape index (κ1) is 14.6. The fourth-order valence-corrected chi connectivity index (χ4v) is 1.49. The number of nitro groups is 1. The predicted octanol–water partition coefficient (Wildman–Crippen LogP) is 1.40. The molecular weight excluding hydrogens is 248 g/mol. The third kappa shape index (κ3) is 4.37. The number of hydrogen-bond donors (Lipinski definition) is 2. The number of carbonyl (C=O) groups is 1. The van der Waals surface area contributed by atoms with Gasteiger partial charge in [-0.1, -0.05) is 0 Å². The molecule has 7 heteroatoms. The van der Waals surface area contributed by atoms with Gasteiger partial charge < -0.3 is 10.6 Å². The number of amides is 1. The van der Waals surface area contributed by atoms with Crippen LogP contribution in [0, 0.1) is 21.4 Å². The quantitative estimate of drug-likeness (QED) is 0.457. The molecule has 0 fully saturated rings. The Bertz CT molecular complexity index is 522. The molecule has 19 heavy (non-hydrogen) atoms. The number of nitrogens with zero attached hydrogens (tertiary/aromatic N) is 2. The van der Waals surface area contributed by atoms with Gasteiger partial charge in [0.15, 0.2) is 0 Å². The number of benzene rings is 1. The summed E-state index contributed by atoms with van der Waals surface area (Å²) in [5.41, 5.74) is 0.198. The molecule has 0 aliphatic heterocycles. The molecule has 0 aromatic heterocycles. The minimum absolute atomic E-state index is 0.0798. The number of carbonyl (C=O) groups excluding carboxylic acids is 1. The van der Waals surface area contributed by atoms with E-state index in [1.165, 1.54) is 12.1 Å². The molecule has 1 aromatic rings. The first-order chi connectivity index (χ1) is 9.08. The lowest BCUT2D eigenvalue weighted by atomic mass is 10.1. The number of nitro benzene ring substituents is 1. The molecule has 0 unspecified atom stereocenters. The van der Waals surface area contributed by atoms with Crippen molar-refractivity contribution in [1.29, 1.82) is 5.26 Å². The Morgan fingerprint density at radius 3 is 2.84 bits per heavy atom. The van der Waals surface area contributed by atoms with E-state index in [2.05, 4.69) is 10.6 Å². The van der Waals surface area contributed by atoms with Crippen molar-refractivity contribution < 1.29 is 9.72 Å². The molecule has 0 aliphatic rings. The Hall–Kier alpha value is -2.46. The van der Waals surface area contributed by atoms with E-state index < -0.39 is 4.92 Å². The summed E-state index contributed by atoms with van der Waals surface area (Å²) < 4.78 is 0. The Labute approximate surface area is 110 Å². The van der Waals surface area contributed by atoms with Gasteiger partial charge in [0.1, 0.15) is 6.07 Å². The van der Waals surface area contributed by atoms with E-state index in [0.29, 0.717) is 18.5 Å². The summed E-state index contributed by atoms with van der Waals surface area (Å²) in [6, 6.07) is 5.60. The van der Waals surface area contributed by atoms with Gasteiger partial charge in [-0.25, -0.2) is 0 Å². The van der Waals surface area contributed by atoms with Gasteiger partial charge in [0.2, 0.25) is 5.91 Å². The molecule has 0 saturated heterocycles. The maximum atomic E-state index is 11.6. The van der Waals surface area contributed by atoms with Gasteiger partial charge >= 0.3 is 0 Å². The van der Waals surface area contributed by atoms with Crippen LogP contribution in [0.25, 0.3) is 0 Å². The first-order valence-corrected chi connectivity index (χ1v) is 5.71. The highest BCUT2D eigenvalue weighted by molar-refractivity contribution is 5.92. The highest BCUT2D eigenvalue weighted by Crippen LogP contribution is 2.21. The molecule has 7 nitrogen and oxygen atoms in total. The average Bonchev–Trinajstić information content (AvgIpc) is 2.39. The largest absolute Gasteiger partial charge is 0.325 e. The summed E-state index contributed by atoms with van der Waals surface area (Å²) in [6.45, 7) is 0.721. The lowest BCUT2D eigenvalue weighted by Crippen LogP contribution is -2.15. The number of anilines is 1. The molecule has 0 atom stereocenters. The normalized spacial score (nSPS) is 9.68. The second-order valence-corrected chi connectivity index (χ2v) is 3.85. The molecule has 0 bridgehead atoms. The van der Waals surface area contributed by atoms with Crippen molar-refractivity contribution >= 4 is 17.3 Å². The zero-order valence-electron chi connectivity index (χ0n) is 10.5. The molecule has 1 aromatic carbocycles. The molecule has 0 radical (unpaired) electrons. The Morgan fingerprint density at radius 2 is 2.26 bits per heavy atom. The Balaban J connectivity index is 2.76. The van der Waals surface area contributed by atoms with Crippen molar-refractivity contribution in [2.45, 2.75) is 12.8 Å². The van der Waals surface area contributed by atoms with Gasteiger partial charge in [0.25, 0.3) is 5.69 Å². The standard InChI is InChI=1S/C12H14N4O3/c1-14-6-2-3-12(17)15-11-5-4-10(16(18)19)7-9(11)8-13/h4-5,7,14H,2-3,6H2,1H3,(H,15,17). The van der Waals surface area contributed by atoms with E-state index in [1.807, 2.05) is 6.07 Å². The van der Waals surface area contributed by atoms with Gasteiger partial charge in [-0.3, -0.25) is 14.9 Å². The molecule has 100 valence electrons. The SMILES string of the molecule is CNCCCC(=O)Nc1ccc([N+](=O)[O-])cc1C#N. The lowest BCUT2D eigenvalue weighted by Gasteiger charge is -2.06. The van der Waals surface area contributed by atoms with E-state index in [0.717, 1.165) is 12.6 Å². The summed E-state index contributed by atoms with van der Waals surface area (Å²) >= 11 is 0. The number of nitriles is 1. The van der Waals surface area contributed by atoms with Crippen LogP contribution in [0.1, 0.15) is 18.4 Å². The second kappa shape index (κ2) is 7.08. The lowest BCUT2D eigenvalue weighted by molar-refractivity contribution is -0.384. The molecule has 2 N–H and O–H groups in total. The van der Waals surface area contributed by atoms with Gasteiger partial charge in [0, 0.05) is 18.6 Å². The summed E-state index contributed by atoms with van der Waals surface area (Å²) in [4.78, 5) is 21.6. The third-order valence-electron chi connectivity index (χ3n) is 2.44. The molecule has 0 saturated carbocycles. The Morgan fingerprint density at radius 1 is 1.53 bits per heavy atom. The summed E-state index contributed by atoms with van der Waals surface area (Å²) in [5.74, 6) is -0.222. The van der Waals surface area contributed by atoms with E-state index in [1.54, 1.807) is 7.05 Å². The zero-order chi connectivity index (χ0) is 14.3. The van der Waals surface area contributed by atoms with Crippen LogP contribution in [-0.2, 0) is 4.79 Å². The van der Waals surface area contributed by atoms with Crippen molar-refractivity contribution in [3.8, 4) is 6.07 Å². The number of hydrogen-bond acceptors (Lipinski definition) is 5. The van der Waals surface area contributed by atoms with Gasteiger partial charge in [-0.2, -0.15) is 5.26 Å². The van der Waals surface area contributed by atoms with Crippen LogP contribution >= 0.6 is 0 Å².